The summed E-state index contributed by atoms with van der Waals surface area (Å²) in [7, 11) is 0. The van der Waals surface area contributed by atoms with E-state index in [2.05, 4.69) is 10.3 Å². The lowest BCUT2D eigenvalue weighted by molar-refractivity contribution is 0.0966. The Balaban J connectivity index is 2.13. The molecule has 0 aromatic heterocycles. The third-order valence-corrected chi connectivity index (χ3v) is 3.41. The Hall–Kier alpha value is -2.62. The van der Waals surface area contributed by atoms with Crippen molar-refractivity contribution in [3.8, 4) is 0 Å². The smallest absolute Gasteiger partial charge is 0.292 e. The lowest BCUT2D eigenvalue weighted by Crippen LogP contribution is -2.33. The number of amides is 1. The van der Waals surface area contributed by atoms with E-state index >= 15 is 0 Å². The molecule has 0 aliphatic carbocycles. The third kappa shape index (κ3) is 4.95. The molecule has 120 valence electrons. The first-order chi connectivity index (χ1) is 11.1. The second-order valence-electron chi connectivity index (χ2n) is 5.27. The lowest BCUT2D eigenvalue weighted by atomic mass is 10.1. The molecule has 0 heterocycles. The number of nitrogens with zero attached hydrogens (tertiary/aromatic N) is 1. The maximum absolute atomic E-state index is 12.3. The van der Waals surface area contributed by atoms with Crippen LogP contribution in [0, 0.1) is 6.92 Å². The predicted octanol–water partition coefficient (Wildman–Crippen LogP) is 3.88. The van der Waals surface area contributed by atoms with Crippen LogP contribution in [0.15, 0.2) is 59.6 Å². The largest absolute Gasteiger partial charge is 0.465 e. The molecule has 0 spiro atoms. The highest BCUT2D eigenvalue weighted by Gasteiger charge is 2.12. The molecule has 0 radical (unpaired) electrons. The fourth-order valence-electron chi connectivity index (χ4n) is 2.10. The van der Waals surface area contributed by atoms with Gasteiger partial charge in [-0.15, -0.1) is 0 Å². The monoisotopic (exact) mass is 310 g/mol. The predicted molar refractivity (Wildman–Crippen MR) is 92.6 cm³/mol. The third-order valence-electron chi connectivity index (χ3n) is 3.41. The number of rotatable bonds is 4. The van der Waals surface area contributed by atoms with Gasteiger partial charge in [0.15, 0.2) is 0 Å². The van der Waals surface area contributed by atoms with Crippen LogP contribution in [0.25, 0.3) is 0 Å². The fourth-order valence-corrected chi connectivity index (χ4v) is 2.10. The molecule has 23 heavy (non-hydrogen) atoms. The first kappa shape index (κ1) is 16.7. The maximum atomic E-state index is 12.3. The van der Waals surface area contributed by atoms with Gasteiger partial charge in [-0.3, -0.25) is 10.1 Å². The summed E-state index contributed by atoms with van der Waals surface area (Å²) in [6.45, 7) is 6.25. The fraction of sp³-hybridized carbons (Fsp3) is 0.263. The van der Waals surface area contributed by atoms with Gasteiger partial charge in [-0.2, -0.15) is 0 Å². The Morgan fingerprint density at radius 1 is 1.13 bits per heavy atom. The van der Waals surface area contributed by atoms with Gasteiger partial charge in [0.2, 0.25) is 0 Å². The molecule has 1 amide bonds. The molecule has 0 aliphatic rings. The second kappa shape index (κ2) is 8.13. The van der Waals surface area contributed by atoms with Crippen molar-refractivity contribution < 1.29 is 9.53 Å². The molecule has 0 bridgehead atoms. The van der Waals surface area contributed by atoms with Crippen LogP contribution in [-0.2, 0) is 4.74 Å². The molecule has 2 rings (SSSR count). The number of carbonyl (C=O) groups is 1. The van der Waals surface area contributed by atoms with Crippen molar-refractivity contribution in [2.75, 3.05) is 6.61 Å². The van der Waals surface area contributed by atoms with Gasteiger partial charge < -0.3 is 4.74 Å². The molecule has 0 saturated heterocycles. The van der Waals surface area contributed by atoms with E-state index in [1.54, 1.807) is 12.1 Å². The van der Waals surface area contributed by atoms with Crippen LogP contribution in [0.5, 0.6) is 0 Å². The van der Waals surface area contributed by atoms with Crippen molar-refractivity contribution in [2.45, 2.75) is 26.8 Å². The van der Waals surface area contributed by atoms with Gasteiger partial charge in [-0.05, 0) is 38.5 Å². The molecule has 4 heteroatoms. The van der Waals surface area contributed by atoms with E-state index in [-0.39, 0.29) is 18.0 Å². The van der Waals surface area contributed by atoms with E-state index in [1.165, 1.54) is 0 Å². The van der Waals surface area contributed by atoms with E-state index < -0.39 is 0 Å². The van der Waals surface area contributed by atoms with E-state index in [0.717, 1.165) is 11.1 Å². The summed E-state index contributed by atoms with van der Waals surface area (Å²) in [4.78, 5) is 16.8. The molecule has 1 atom stereocenters. The normalized spacial score (nSPS) is 12.6. The van der Waals surface area contributed by atoms with E-state index in [1.807, 2.05) is 63.2 Å². The van der Waals surface area contributed by atoms with Gasteiger partial charge in [0, 0.05) is 5.56 Å². The van der Waals surface area contributed by atoms with Gasteiger partial charge in [0.1, 0.15) is 0 Å². The van der Waals surface area contributed by atoms with Crippen molar-refractivity contribution in [3.63, 3.8) is 0 Å². The molecular formula is C19H22N2O2. The number of benzene rings is 2. The molecular weight excluding hydrogens is 288 g/mol. The highest BCUT2D eigenvalue weighted by Crippen LogP contribution is 2.16. The molecule has 4 nitrogen and oxygen atoms in total. The topological polar surface area (TPSA) is 50.7 Å². The Kier molecular flexibility index (Phi) is 5.92. The summed E-state index contributed by atoms with van der Waals surface area (Å²) in [5, 5.41) is 2.74. The summed E-state index contributed by atoms with van der Waals surface area (Å²) in [6, 6.07) is 17.4. The number of aliphatic imine (C=N–C) groups is 1. The van der Waals surface area contributed by atoms with Crippen LogP contribution in [-0.4, -0.2) is 18.5 Å². The van der Waals surface area contributed by atoms with Gasteiger partial charge in [0.25, 0.3) is 11.9 Å². The first-order valence-electron chi connectivity index (χ1n) is 7.73. The molecule has 0 saturated carbocycles. The highest BCUT2D eigenvalue weighted by molar-refractivity contribution is 6.04. The van der Waals surface area contributed by atoms with Gasteiger partial charge in [-0.1, -0.05) is 48.0 Å². The summed E-state index contributed by atoms with van der Waals surface area (Å²) in [5.74, 6) is -0.225. The van der Waals surface area contributed by atoms with E-state index in [0.29, 0.717) is 12.2 Å². The quantitative estimate of drug-likeness (QED) is 0.688. The van der Waals surface area contributed by atoms with Crippen LogP contribution in [0.1, 0.15) is 41.4 Å². The van der Waals surface area contributed by atoms with Crippen LogP contribution in [0.2, 0.25) is 0 Å². The minimum atomic E-state index is -0.225. The number of ether oxygens (including phenoxy) is 1. The van der Waals surface area contributed by atoms with E-state index in [4.69, 9.17) is 4.74 Å². The standard InChI is InChI=1S/C19H22N2O2/c1-4-23-19(20-15(3)16-8-6-5-7-9-16)21-18(22)17-12-10-14(2)11-13-17/h5-13,15H,4H2,1-3H3,(H,20,21,22). The van der Waals surface area contributed by atoms with Gasteiger partial charge >= 0.3 is 0 Å². The summed E-state index contributed by atoms with van der Waals surface area (Å²) < 4.78 is 5.47. The zero-order valence-corrected chi connectivity index (χ0v) is 13.7. The molecule has 1 unspecified atom stereocenters. The summed E-state index contributed by atoms with van der Waals surface area (Å²) >= 11 is 0. The number of nitrogens with one attached hydrogen (secondary N) is 1. The number of aryl methyl sites for hydroxylation is 1. The second-order valence-corrected chi connectivity index (χ2v) is 5.27. The Morgan fingerprint density at radius 2 is 1.78 bits per heavy atom. The molecule has 0 aliphatic heterocycles. The van der Waals surface area contributed by atoms with Crippen molar-refractivity contribution in [1.29, 1.82) is 0 Å². The minimum Gasteiger partial charge on any atom is -0.465 e. The number of carbonyl (C=O) groups excluding carboxylic acids is 1. The number of hydrogen-bond acceptors (Lipinski definition) is 3. The lowest BCUT2D eigenvalue weighted by Gasteiger charge is -2.13. The highest BCUT2D eigenvalue weighted by atomic mass is 16.5. The van der Waals surface area contributed by atoms with Gasteiger partial charge in [0.05, 0.1) is 12.6 Å². The molecule has 2 aromatic rings. The number of amidine groups is 1. The minimum absolute atomic E-state index is 0.101. The van der Waals surface area contributed by atoms with E-state index in [9.17, 15) is 4.79 Å². The van der Waals surface area contributed by atoms with Crippen LogP contribution in [0.4, 0.5) is 0 Å². The number of hydrogen-bond donors (Lipinski definition) is 1. The Bertz CT molecular complexity index is 664. The zero-order valence-electron chi connectivity index (χ0n) is 13.7. The summed E-state index contributed by atoms with van der Waals surface area (Å²) in [6.07, 6.45) is 0. The van der Waals surface area contributed by atoms with Crippen molar-refractivity contribution >= 4 is 11.9 Å². The Labute approximate surface area is 137 Å². The molecule has 0 fully saturated rings. The van der Waals surface area contributed by atoms with Gasteiger partial charge in [-0.25, -0.2) is 4.99 Å². The Morgan fingerprint density at radius 3 is 2.39 bits per heavy atom. The van der Waals surface area contributed by atoms with Crippen LogP contribution >= 0.6 is 0 Å². The van der Waals surface area contributed by atoms with Crippen molar-refractivity contribution in [2.24, 2.45) is 4.99 Å². The van der Waals surface area contributed by atoms with Crippen LogP contribution < -0.4 is 5.32 Å². The zero-order chi connectivity index (χ0) is 16.7. The molecule has 2 aromatic carbocycles. The van der Waals surface area contributed by atoms with Crippen LogP contribution in [0.3, 0.4) is 0 Å². The first-order valence-corrected chi connectivity index (χ1v) is 7.73. The maximum Gasteiger partial charge on any atom is 0.292 e. The summed E-state index contributed by atoms with van der Waals surface area (Å²) in [5.41, 5.74) is 2.75. The van der Waals surface area contributed by atoms with Crippen molar-refractivity contribution in [1.82, 2.24) is 5.32 Å². The van der Waals surface area contributed by atoms with Crippen molar-refractivity contribution in [3.05, 3.63) is 71.3 Å². The average molecular weight is 310 g/mol. The average Bonchev–Trinajstić information content (AvgIpc) is 2.56. The molecule has 1 N–H and O–H groups in total. The SMILES string of the molecule is CCOC(=NC(C)c1ccccc1)NC(=O)c1ccc(C)cc1.